The van der Waals surface area contributed by atoms with Crippen LogP contribution in [0.25, 0.3) is 0 Å². The normalized spacial score (nSPS) is 25.0. The molecule has 1 aromatic rings. The maximum Gasteiger partial charge on any atom is 0.497 e. The summed E-state index contributed by atoms with van der Waals surface area (Å²) in [5, 5.41) is 6.26. The van der Waals surface area contributed by atoms with Crippen LogP contribution in [0.15, 0.2) is 18.2 Å². The van der Waals surface area contributed by atoms with Crippen molar-refractivity contribution in [2.45, 2.75) is 57.8 Å². The number of nitrogens with one attached hydrogen (secondary N) is 2. The fraction of sp³-hybridized carbons (Fsp3) is 0.611. The number of amides is 1. The Bertz CT molecular complexity index is 644. The van der Waals surface area contributed by atoms with Gasteiger partial charge in [0.1, 0.15) is 5.82 Å². The highest BCUT2D eigenvalue weighted by Gasteiger charge is 2.52. The summed E-state index contributed by atoms with van der Waals surface area (Å²) in [5.74, 6) is -0.638. The van der Waals surface area contributed by atoms with Gasteiger partial charge in [-0.15, -0.1) is 0 Å². The molecular formula is C18H26BFN2O3. The van der Waals surface area contributed by atoms with Gasteiger partial charge in [-0.1, -0.05) is 0 Å². The maximum absolute atomic E-state index is 14.3. The Morgan fingerprint density at radius 2 is 1.96 bits per heavy atom. The SMILES string of the molecule is CC1(C)OB(c2cc(C(=O)N[C@@H]3CCCNC3)ccc2F)OC1(C)C. The summed E-state index contributed by atoms with van der Waals surface area (Å²) in [7, 11) is -0.825. The van der Waals surface area contributed by atoms with E-state index in [2.05, 4.69) is 10.6 Å². The van der Waals surface area contributed by atoms with Gasteiger partial charge in [-0.3, -0.25) is 4.79 Å². The zero-order valence-corrected chi connectivity index (χ0v) is 15.3. The van der Waals surface area contributed by atoms with Crippen LogP contribution in [0.5, 0.6) is 0 Å². The molecule has 2 fully saturated rings. The first-order chi connectivity index (χ1) is 11.7. The van der Waals surface area contributed by atoms with Gasteiger partial charge in [0.05, 0.1) is 11.2 Å². The lowest BCUT2D eigenvalue weighted by atomic mass is 9.78. The van der Waals surface area contributed by atoms with E-state index in [1.165, 1.54) is 18.2 Å². The minimum Gasteiger partial charge on any atom is -0.399 e. The third-order valence-electron chi connectivity index (χ3n) is 5.40. The van der Waals surface area contributed by atoms with Crippen LogP contribution < -0.4 is 16.1 Å². The zero-order valence-electron chi connectivity index (χ0n) is 15.3. The van der Waals surface area contributed by atoms with Gasteiger partial charge in [0.2, 0.25) is 0 Å². The molecule has 0 bridgehead atoms. The molecule has 0 unspecified atom stereocenters. The summed E-state index contributed by atoms with van der Waals surface area (Å²) in [6, 6.07) is 4.43. The van der Waals surface area contributed by atoms with E-state index in [1.54, 1.807) is 0 Å². The van der Waals surface area contributed by atoms with E-state index >= 15 is 0 Å². The number of rotatable bonds is 3. The van der Waals surface area contributed by atoms with Crippen LogP contribution in [-0.2, 0) is 9.31 Å². The number of benzene rings is 1. The molecule has 0 spiro atoms. The Balaban J connectivity index is 1.78. The molecule has 2 N–H and O–H groups in total. The maximum atomic E-state index is 14.3. The van der Waals surface area contributed by atoms with Gasteiger partial charge in [-0.25, -0.2) is 4.39 Å². The highest BCUT2D eigenvalue weighted by atomic mass is 19.1. The van der Waals surface area contributed by atoms with Crippen LogP contribution in [0.1, 0.15) is 50.9 Å². The quantitative estimate of drug-likeness (QED) is 0.815. The number of carbonyl (C=O) groups is 1. The minimum absolute atomic E-state index is 0.103. The van der Waals surface area contributed by atoms with Crippen LogP contribution >= 0.6 is 0 Å². The van der Waals surface area contributed by atoms with Crippen molar-refractivity contribution >= 4 is 18.5 Å². The first-order valence-corrected chi connectivity index (χ1v) is 8.86. The molecule has 1 atom stereocenters. The van der Waals surface area contributed by atoms with Gasteiger partial charge in [-0.05, 0) is 65.3 Å². The van der Waals surface area contributed by atoms with Crippen molar-refractivity contribution in [2.24, 2.45) is 0 Å². The van der Waals surface area contributed by atoms with Crippen LogP contribution in [0, 0.1) is 5.82 Å². The van der Waals surface area contributed by atoms with Crippen molar-refractivity contribution < 1.29 is 18.5 Å². The Kier molecular flexibility index (Phi) is 4.92. The molecule has 0 radical (unpaired) electrons. The number of hydrogen-bond donors (Lipinski definition) is 2. The lowest BCUT2D eigenvalue weighted by molar-refractivity contribution is 0.00578. The fourth-order valence-corrected chi connectivity index (χ4v) is 3.08. The Hall–Kier alpha value is -1.44. The van der Waals surface area contributed by atoms with Crippen molar-refractivity contribution in [3.63, 3.8) is 0 Å². The number of hydrogen-bond acceptors (Lipinski definition) is 4. The topological polar surface area (TPSA) is 59.6 Å². The predicted octanol–water partition coefficient (Wildman–Crippen LogP) is 1.61. The number of piperidine rings is 1. The van der Waals surface area contributed by atoms with Gasteiger partial charge in [-0.2, -0.15) is 0 Å². The van der Waals surface area contributed by atoms with Crippen molar-refractivity contribution in [2.75, 3.05) is 13.1 Å². The van der Waals surface area contributed by atoms with Crippen molar-refractivity contribution in [1.82, 2.24) is 10.6 Å². The lowest BCUT2D eigenvalue weighted by Crippen LogP contribution is -2.46. The van der Waals surface area contributed by atoms with Crippen LogP contribution in [0.3, 0.4) is 0 Å². The molecule has 3 rings (SSSR count). The number of halogens is 1. The van der Waals surface area contributed by atoms with E-state index in [9.17, 15) is 9.18 Å². The Labute approximate surface area is 148 Å². The van der Waals surface area contributed by atoms with Crippen molar-refractivity contribution in [3.8, 4) is 0 Å². The summed E-state index contributed by atoms with van der Waals surface area (Å²) < 4.78 is 26.2. The summed E-state index contributed by atoms with van der Waals surface area (Å²) in [5.41, 5.74) is -0.448. The molecule has 2 heterocycles. The standard InChI is InChI=1S/C18H26BFN2O3/c1-17(2)18(3,4)25-19(24-17)14-10-12(7-8-15(14)20)16(23)22-13-6-5-9-21-11-13/h7-8,10,13,21H,5-6,9,11H2,1-4H3,(H,22,23)/t13-/m1/s1. The predicted molar refractivity (Wildman–Crippen MR) is 95.5 cm³/mol. The second kappa shape index (κ2) is 6.70. The average molecular weight is 348 g/mol. The average Bonchev–Trinajstić information content (AvgIpc) is 2.76. The molecule has 25 heavy (non-hydrogen) atoms. The van der Waals surface area contributed by atoms with E-state index in [0.717, 1.165) is 25.9 Å². The molecule has 0 aromatic heterocycles. The third kappa shape index (κ3) is 3.73. The monoisotopic (exact) mass is 348 g/mol. The highest BCUT2D eigenvalue weighted by Crippen LogP contribution is 2.36. The van der Waals surface area contributed by atoms with Gasteiger partial charge < -0.3 is 19.9 Å². The molecule has 1 amide bonds. The second-order valence-corrected chi connectivity index (χ2v) is 7.84. The van der Waals surface area contributed by atoms with Gasteiger partial charge in [0, 0.05) is 23.6 Å². The summed E-state index contributed by atoms with van der Waals surface area (Å²) in [6.07, 6.45) is 1.98. The highest BCUT2D eigenvalue weighted by molar-refractivity contribution is 6.62. The minimum atomic E-state index is -0.825. The molecule has 5 nitrogen and oxygen atoms in total. The van der Waals surface area contributed by atoms with Gasteiger partial charge in [0.15, 0.2) is 0 Å². The number of carbonyl (C=O) groups excluding carboxylic acids is 1. The second-order valence-electron chi connectivity index (χ2n) is 7.84. The first kappa shape index (κ1) is 18.4. The molecule has 0 saturated carbocycles. The molecule has 2 saturated heterocycles. The molecule has 0 aliphatic carbocycles. The third-order valence-corrected chi connectivity index (χ3v) is 5.40. The summed E-state index contributed by atoms with van der Waals surface area (Å²) in [4.78, 5) is 12.5. The fourth-order valence-electron chi connectivity index (χ4n) is 3.08. The smallest absolute Gasteiger partial charge is 0.399 e. The first-order valence-electron chi connectivity index (χ1n) is 8.86. The van der Waals surface area contributed by atoms with Gasteiger partial charge in [0.25, 0.3) is 5.91 Å². The van der Waals surface area contributed by atoms with Gasteiger partial charge >= 0.3 is 7.12 Å². The largest absolute Gasteiger partial charge is 0.497 e. The Morgan fingerprint density at radius 3 is 2.56 bits per heavy atom. The van der Waals surface area contributed by atoms with E-state index in [1.807, 2.05) is 27.7 Å². The zero-order chi connectivity index (χ0) is 18.2. The molecule has 7 heteroatoms. The van der Waals surface area contributed by atoms with Crippen molar-refractivity contribution in [1.29, 1.82) is 0 Å². The lowest BCUT2D eigenvalue weighted by Gasteiger charge is -2.32. The van der Waals surface area contributed by atoms with Crippen LogP contribution in [0.4, 0.5) is 4.39 Å². The molecule has 2 aliphatic heterocycles. The van der Waals surface area contributed by atoms with Crippen LogP contribution in [-0.4, -0.2) is 43.4 Å². The van der Waals surface area contributed by atoms with E-state index in [4.69, 9.17) is 9.31 Å². The summed E-state index contributed by atoms with van der Waals surface area (Å²) >= 11 is 0. The van der Waals surface area contributed by atoms with Crippen molar-refractivity contribution in [3.05, 3.63) is 29.6 Å². The molecule has 136 valence electrons. The Morgan fingerprint density at radius 1 is 1.28 bits per heavy atom. The van der Waals surface area contributed by atoms with Crippen LogP contribution in [0.2, 0.25) is 0 Å². The van der Waals surface area contributed by atoms with E-state index in [0.29, 0.717) is 5.56 Å². The molecule has 1 aromatic carbocycles. The van der Waals surface area contributed by atoms with E-state index in [-0.39, 0.29) is 17.4 Å². The van der Waals surface area contributed by atoms with E-state index < -0.39 is 24.1 Å². The summed E-state index contributed by atoms with van der Waals surface area (Å²) in [6.45, 7) is 9.40. The molecular weight excluding hydrogens is 322 g/mol. The molecule has 2 aliphatic rings.